The van der Waals surface area contributed by atoms with E-state index in [1.165, 1.54) is 18.2 Å². The molecule has 0 aliphatic carbocycles. The number of nitrogens with one attached hydrogen (secondary N) is 1. The summed E-state index contributed by atoms with van der Waals surface area (Å²) in [5, 5.41) is 2.64. The number of hydrogen-bond acceptors (Lipinski definition) is 3. The van der Waals surface area contributed by atoms with Crippen LogP contribution < -0.4 is 15.8 Å². The molecule has 0 aromatic heterocycles. The van der Waals surface area contributed by atoms with Gasteiger partial charge in [-0.15, -0.1) is 0 Å². The molecule has 0 bridgehead atoms. The Labute approximate surface area is 100.0 Å². The monoisotopic (exact) mass is 240 g/mol. The van der Waals surface area contributed by atoms with Crippen LogP contribution in [0, 0.1) is 5.82 Å². The van der Waals surface area contributed by atoms with Crippen LogP contribution in [0.2, 0.25) is 0 Å². The molecule has 0 atom stereocenters. The minimum absolute atomic E-state index is 0.107. The molecule has 0 saturated heterocycles. The van der Waals surface area contributed by atoms with Gasteiger partial charge in [0.25, 0.3) is 0 Å². The number of hydrogen-bond donors (Lipinski definition) is 2. The molecule has 1 amide bonds. The summed E-state index contributed by atoms with van der Waals surface area (Å²) in [6.07, 6.45) is -0.584. The summed E-state index contributed by atoms with van der Waals surface area (Å²) in [7, 11) is 0. The normalized spacial score (nSPS) is 11.1. The summed E-state index contributed by atoms with van der Waals surface area (Å²) in [5.74, 6) is -0.135. The molecule has 17 heavy (non-hydrogen) atoms. The highest BCUT2D eigenvalue weighted by Crippen LogP contribution is 2.19. The second-order valence-corrected chi connectivity index (χ2v) is 4.72. The Morgan fingerprint density at radius 1 is 1.47 bits per heavy atom. The molecular formula is C12H17FN2O2. The molecule has 0 spiro atoms. The average Bonchev–Trinajstić information content (AvgIpc) is 2.17. The fourth-order valence-corrected chi connectivity index (χ4v) is 1.24. The molecule has 0 radical (unpaired) electrons. The molecule has 1 rings (SSSR count). The van der Waals surface area contributed by atoms with Crippen molar-refractivity contribution in [1.82, 2.24) is 5.32 Å². The molecule has 0 heterocycles. The third-order valence-corrected chi connectivity index (χ3v) is 1.92. The van der Waals surface area contributed by atoms with Gasteiger partial charge in [0.1, 0.15) is 11.6 Å². The number of rotatable bonds is 2. The summed E-state index contributed by atoms with van der Waals surface area (Å²) in [4.78, 5) is 11.5. The Bertz CT molecular complexity index is 413. The van der Waals surface area contributed by atoms with E-state index in [2.05, 4.69) is 5.32 Å². The smallest absolute Gasteiger partial charge is 0.410 e. The van der Waals surface area contributed by atoms with E-state index in [1.54, 1.807) is 0 Å². The summed E-state index contributed by atoms with van der Waals surface area (Å²) in [6, 6.07) is 3.86. The van der Waals surface area contributed by atoms with E-state index in [0.29, 0.717) is 5.56 Å². The van der Waals surface area contributed by atoms with Gasteiger partial charge in [0.15, 0.2) is 0 Å². The number of ether oxygens (including phenoxy) is 1. The van der Waals surface area contributed by atoms with Gasteiger partial charge >= 0.3 is 6.09 Å². The maximum atomic E-state index is 12.9. The molecule has 4 nitrogen and oxygen atoms in total. The quantitative estimate of drug-likeness (QED) is 0.832. The zero-order chi connectivity index (χ0) is 13.1. The second kappa shape index (κ2) is 5.14. The minimum atomic E-state index is -0.584. The van der Waals surface area contributed by atoms with Gasteiger partial charge < -0.3 is 15.8 Å². The molecule has 0 unspecified atom stereocenters. The largest absolute Gasteiger partial charge is 0.413 e. The van der Waals surface area contributed by atoms with E-state index in [9.17, 15) is 9.18 Å². The maximum absolute atomic E-state index is 12.9. The minimum Gasteiger partial charge on any atom is -0.410 e. The van der Waals surface area contributed by atoms with Gasteiger partial charge in [-0.2, -0.15) is 0 Å². The standard InChI is InChI=1S/C12H17FN2O2/c1-12(2,3)15-11(16)17-10-5-4-9(13)6-8(10)7-14/h4-6H,7,14H2,1-3H3,(H,15,16). The van der Waals surface area contributed by atoms with Crippen molar-refractivity contribution in [2.45, 2.75) is 32.9 Å². The fourth-order valence-electron chi connectivity index (χ4n) is 1.24. The van der Waals surface area contributed by atoms with Crippen molar-refractivity contribution < 1.29 is 13.9 Å². The Morgan fingerprint density at radius 3 is 2.65 bits per heavy atom. The lowest BCUT2D eigenvalue weighted by Gasteiger charge is -2.20. The third kappa shape index (κ3) is 4.40. The summed E-state index contributed by atoms with van der Waals surface area (Å²) >= 11 is 0. The van der Waals surface area contributed by atoms with Gasteiger partial charge in [-0.05, 0) is 39.0 Å². The summed E-state index contributed by atoms with van der Waals surface area (Å²) < 4.78 is 18.0. The van der Waals surface area contributed by atoms with Crippen LogP contribution in [-0.4, -0.2) is 11.6 Å². The maximum Gasteiger partial charge on any atom is 0.413 e. The highest BCUT2D eigenvalue weighted by atomic mass is 19.1. The molecule has 1 aromatic rings. The van der Waals surface area contributed by atoms with Crippen LogP contribution in [0.5, 0.6) is 5.75 Å². The van der Waals surface area contributed by atoms with Crippen LogP contribution >= 0.6 is 0 Å². The van der Waals surface area contributed by atoms with Crippen LogP contribution in [-0.2, 0) is 6.54 Å². The van der Waals surface area contributed by atoms with Crippen molar-refractivity contribution >= 4 is 6.09 Å². The molecule has 94 valence electrons. The molecular weight excluding hydrogens is 223 g/mol. The zero-order valence-electron chi connectivity index (χ0n) is 10.2. The van der Waals surface area contributed by atoms with E-state index >= 15 is 0 Å². The number of carbonyl (C=O) groups is 1. The van der Waals surface area contributed by atoms with E-state index in [0.717, 1.165) is 0 Å². The highest BCUT2D eigenvalue weighted by molar-refractivity contribution is 5.71. The van der Waals surface area contributed by atoms with Gasteiger partial charge in [-0.1, -0.05) is 0 Å². The lowest BCUT2D eigenvalue weighted by atomic mass is 10.1. The van der Waals surface area contributed by atoms with Crippen molar-refractivity contribution in [3.8, 4) is 5.75 Å². The van der Waals surface area contributed by atoms with Crippen molar-refractivity contribution in [3.63, 3.8) is 0 Å². The summed E-state index contributed by atoms with van der Waals surface area (Å²) in [6.45, 7) is 5.62. The fraction of sp³-hybridized carbons (Fsp3) is 0.417. The lowest BCUT2D eigenvalue weighted by molar-refractivity contribution is 0.190. The predicted molar refractivity (Wildman–Crippen MR) is 63.2 cm³/mol. The highest BCUT2D eigenvalue weighted by Gasteiger charge is 2.16. The lowest BCUT2D eigenvalue weighted by Crippen LogP contribution is -2.42. The zero-order valence-corrected chi connectivity index (χ0v) is 10.2. The Kier molecular flexibility index (Phi) is 4.07. The number of benzene rings is 1. The van der Waals surface area contributed by atoms with Crippen LogP contribution in [0.4, 0.5) is 9.18 Å². The Balaban J connectivity index is 2.78. The van der Waals surface area contributed by atoms with Crippen molar-refractivity contribution in [3.05, 3.63) is 29.6 Å². The first kappa shape index (κ1) is 13.4. The Morgan fingerprint density at radius 2 is 2.12 bits per heavy atom. The van der Waals surface area contributed by atoms with Crippen molar-refractivity contribution in [2.75, 3.05) is 0 Å². The van der Waals surface area contributed by atoms with Crippen LogP contribution in [0.25, 0.3) is 0 Å². The topological polar surface area (TPSA) is 64.3 Å². The number of nitrogens with two attached hydrogens (primary N) is 1. The number of halogens is 1. The molecule has 1 aromatic carbocycles. The van der Waals surface area contributed by atoms with Crippen LogP contribution in [0.3, 0.4) is 0 Å². The van der Waals surface area contributed by atoms with E-state index in [1.807, 2.05) is 20.8 Å². The van der Waals surface area contributed by atoms with Crippen LogP contribution in [0.15, 0.2) is 18.2 Å². The van der Waals surface area contributed by atoms with Crippen molar-refractivity contribution in [2.24, 2.45) is 5.73 Å². The van der Waals surface area contributed by atoms with Crippen molar-refractivity contribution in [1.29, 1.82) is 0 Å². The molecule has 0 aliphatic rings. The van der Waals surface area contributed by atoms with Gasteiger partial charge in [0, 0.05) is 17.6 Å². The first-order valence-corrected chi connectivity index (χ1v) is 5.30. The molecule has 0 aliphatic heterocycles. The van der Waals surface area contributed by atoms with E-state index in [4.69, 9.17) is 10.5 Å². The summed E-state index contributed by atoms with van der Waals surface area (Å²) in [5.41, 5.74) is 5.51. The first-order chi connectivity index (χ1) is 7.81. The molecule has 0 saturated carbocycles. The molecule has 0 fully saturated rings. The SMILES string of the molecule is CC(C)(C)NC(=O)Oc1ccc(F)cc1CN. The van der Waals surface area contributed by atoms with Gasteiger partial charge in [-0.25, -0.2) is 9.18 Å². The van der Waals surface area contributed by atoms with Gasteiger partial charge in [0.2, 0.25) is 0 Å². The second-order valence-electron chi connectivity index (χ2n) is 4.72. The van der Waals surface area contributed by atoms with E-state index < -0.39 is 11.9 Å². The van der Waals surface area contributed by atoms with Crippen LogP contribution in [0.1, 0.15) is 26.3 Å². The number of carbonyl (C=O) groups excluding carboxylic acids is 1. The Hall–Kier alpha value is -1.62. The molecule has 3 N–H and O–H groups in total. The average molecular weight is 240 g/mol. The van der Waals surface area contributed by atoms with E-state index in [-0.39, 0.29) is 17.8 Å². The van der Waals surface area contributed by atoms with Gasteiger partial charge in [0.05, 0.1) is 0 Å². The predicted octanol–water partition coefficient (Wildman–Crippen LogP) is 2.17. The first-order valence-electron chi connectivity index (χ1n) is 5.30. The van der Waals surface area contributed by atoms with Gasteiger partial charge in [-0.3, -0.25) is 0 Å². The number of amides is 1. The third-order valence-electron chi connectivity index (χ3n) is 1.92. The molecule has 5 heteroatoms.